The summed E-state index contributed by atoms with van der Waals surface area (Å²) in [6, 6.07) is 0. The molecule has 1 aliphatic rings. The fourth-order valence-corrected chi connectivity index (χ4v) is 3.27. The lowest BCUT2D eigenvalue weighted by atomic mass is 9.62. The van der Waals surface area contributed by atoms with Gasteiger partial charge in [-0.05, 0) is 6.42 Å². The molecule has 3 atom stereocenters. The second-order valence-electron chi connectivity index (χ2n) is 6.00. The predicted molar refractivity (Wildman–Crippen MR) is 82.1 cm³/mol. The number of hydrogen-bond acceptors (Lipinski definition) is 5. The quantitative estimate of drug-likeness (QED) is 0.431. The Morgan fingerprint density at radius 1 is 1.27 bits per heavy atom. The maximum atomic E-state index is 12.7. The van der Waals surface area contributed by atoms with Crippen molar-refractivity contribution in [2.45, 2.75) is 50.3 Å². The molecule has 0 amide bonds. The fraction of sp³-hybridized carbons (Fsp3) is 0.733. The van der Waals surface area contributed by atoms with E-state index in [0.29, 0.717) is 6.42 Å². The number of unbranched alkanes of at least 4 members (excludes halogenated alkanes) is 1. The van der Waals surface area contributed by atoms with Gasteiger partial charge in [0.2, 0.25) is 4.87 Å². The second kappa shape index (κ2) is 6.67. The highest BCUT2D eigenvalue weighted by molar-refractivity contribution is 6.53. The highest BCUT2D eigenvalue weighted by Crippen LogP contribution is 2.50. The summed E-state index contributed by atoms with van der Waals surface area (Å²) in [5.41, 5.74) is -1.38. The number of methoxy groups -OCH3 is 1. The van der Waals surface area contributed by atoms with Gasteiger partial charge in [-0.1, -0.05) is 38.8 Å². The summed E-state index contributed by atoms with van der Waals surface area (Å²) in [4.78, 5) is 47.2. The smallest absolute Gasteiger partial charge is 0.335 e. The maximum Gasteiger partial charge on any atom is 0.335 e. The zero-order valence-corrected chi connectivity index (χ0v) is 14.6. The van der Waals surface area contributed by atoms with Crippen molar-refractivity contribution in [1.82, 2.24) is 0 Å². The second-order valence-corrected chi connectivity index (χ2v) is 7.01. The lowest BCUT2D eigenvalue weighted by molar-refractivity contribution is -0.158. The first-order valence-corrected chi connectivity index (χ1v) is 7.90. The molecular formula is C15H20Cl2O5. The molecule has 0 saturated heterocycles. The molecule has 1 saturated carbocycles. The Morgan fingerprint density at radius 2 is 1.82 bits per heavy atom. The van der Waals surface area contributed by atoms with Gasteiger partial charge in [0.1, 0.15) is 11.3 Å². The lowest BCUT2D eigenvalue weighted by Crippen LogP contribution is -2.67. The lowest BCUT2D eigenvalue weighted by Gasteiger charge is -2.46. The van der Waals surface area contributed by atoms with Crippen LogP contribution in [-0.4, -0.2) is 40.7 Å². The monoisotopic (exact) mass is 350 g/mol. The van der Waals surface area contributed by atoms with Crippen LogP contribution in [0.3, 0.4) is 0 Å². The molecule has 0 aromatic heterocycles. The topological polar surface area (TPSA) is 77.5 Å². The molecule has 0 heterocycles. The molecule has 124 valence electrons. The Labute approximate surface area is 139 Å². The Balaban J connectivity index is 3.35. The summed E-state index contributed by atoms with van der Waals surface area (Å²) in [5, 5.41) is -1.24. The van der Waals surface area contributed by atoms with Gasteiger partial charge in [-0.3, -0.25) is 14.4 Å². The van der Waals surface area contributed by atoms with Gasteiger partial charge in [-0.2, -0.15) is 0 Å². The van der Waals surface area contributed by atoms with Crippen LogP contribution in [0.15, 0.2) is 0 Å². The van der Waals surface area contributed by atoms with Gasteiger partial charge in [-0.25, -0.2) is 4.79 Å². The standard InChI is InChI=1S/C15H20Cl2O5/c1-5-6-7-8(18)9-10(19)11(16)14(2,3)15(17,12(9)20)13(21)22-4/h9,11H,5-7H2,1-4H3/t9-,11+,15-/m1/s1. The Morgan fingerprint density at radius 3 is 2.27 bits per heavy atom. The number of Topliss-reactive ketones (excluding diaryl/α,β-unsaturated/α-hetero) is 3. The van der Waals surface area contributed by atoms with Crippen molar-refractivity contribution in [1.29, 1.82) is 0 Å². The first-order chi connectivity index (χ1) is 10.1. The summed E-state index contributed by atoms with van der Waals surface area (Å²) in [5.74, 6) is -4.78. The average molecular weight is 351 g/mol. The van der Waals surface area contributed by atoms with E-state index in [1.807, 2.05) is 6.92 Å². The Kier molecular flexibility index (Phi) is 5.79. The van der Waals surface area contributed by atoms with E-state index in [1.165, 1.54) is 13.8 Å². The molecule has 0 radical (unpaired) electrons. The van der Waals surface area contributed by atoms with Gasteiger partial charge in [0.25, 0.3) is 0 Å². The Bertz CT molecular complexity index is 514. The van der Waals surface area contributed by atoms with Crippen LogP contribution in [-0.2, 0) is 23.9 Å². The number of carbonyl (C=O) groups is 4. The molecule has 0 aromatic rings. The highest BCUT2D eigenvalue weighted by atomic mass is 35.5. The van der Waals surface area contributed by atoms with E-state index < -0.39 is 44.9 Å². The predicted octanol–water partition coefficient (Wildman–Crippen LogP) is 2.30. The third kappa shape index (κ3) is 2.69. The minimum atomic E-state index is -2.16. The van der Waals surface area contributed by atoms with Gasteiger partial charge in [0.05, 0.1) is 7.11 Å². The summed E-state index contributed by atoms with van der Waals surface area (Å²) >= 11 is 12.4. The maximum absolute atomic E-state index is 12.7. The average Bonchev–Trinajstić information content (AvgIpc) is 2.48. The first kappa shape index (κ1) is 19.1. The molecule has 1 rings (SSSR count). The number of rotatable bonds is 5. The van der Waals surface area contributed by atoms with Crippen LogP contribution in [0, 0.1) is 11.3 Å². The number of halogens is 2. The number of hydrogen-bond donors (Lipinski definition) is 0. The van der Waals surface area contributed by atoms with Gasteiger partial charge in [0.15, 0.2) is 17.3 Å². The van der Waals surface area contributed by atoms with Crippen molar-refractivity contribution in [3.8, 4) is 0 Å². The van der Waals surface area contributed by atoms with Crippen LogP contribution in [0.25, 0.3) is 0 Å². The van der Waals surface area contributed by atoms with Gasteiger partial charge < -0.3 is 4.74 Å². The zero-order chi connectivity index (χ0) is 17.3. The SMILES string of the molecule is CCCCC(=O)[C@@H]1C(=O)[C@H](Cl)C(C)(C)[C@](Cl)(C(=O)OC)C1=O. The first-order valence-electron chi connectivity index (χ1n) is 7.09. The number of ketones is 3. The molecule has 0 spiro atoms. The third-order valence-electron chi connectivity index (χ3n) is 4.22. The molecule has 5 nitrogen and oxygen atoms in total. The summed E-state index contributed by atoms with van der Waals surface area (Å²) in [7, 11) is 1.09. The highest BCUT2D eigenvalue weighted by Gasteiger charge is 2.68. The van der Waals surface area contributed by atoms with E-state index >= 15 is 0 Å². The summed E-state index contributed by atoms with van der Waals surface area (Å²) in [6.45, 7) is 4.76. The molecule has 0 unspecified atom stereocenters. The minimum absolute atomic E-state index is 0.0663. The molecule has 1 fully saturated rings. The normalized spacial score (nSPS) is 31.0. The summed E-state index contributed by atoms with van der Waals surface area (Å²) < 4.78 is 4.62. The van der Waals surface area contributed by atoms with E-state index in [4.69, 9.17) is 23.2 Å². The molecule has 0 aromatic carbocycles. The molecule has 0 aliphatic heterocycles. The van der Waals surface area contributed by atoms with Crippen LogP contribution in [0.4, 0.5) is 0 Å². The number of carbonyl (C=O) groups excluding carboxylic acids is 4. The van der Waals surface area contributed by atoms with Crippen molar-refractivity contribution in [3.63, 3.8) is 0 Å². The van der Waals surface area contributed by atoms with Gasteiger partial charge >= 0.3 is 5.97 Å². The zero-order valence-electron chi connectivity index (χ0n) is 13.1. The van der Waals surface area contributed by atoms with E-state index in [9.17, 15) is 19.2 Å². The van der Waals surface area contributed by atoms with Crippen LogP contribution in [0.1, 0.15) is 40.0 Å². The molecular weight excluding hydrogens is 331 g/mol. The minimum Gasteiger partial charge on any atom is -0.467 e. The van der Waals surface area contributed by atoms with Crippen molar-refractivity contribution in [2.75, 3.05) is 7.11 Å². The van der Waals surface area contributed by atoms with Crippen molar-refractivity contribution in [2.24, 2.45) is 11.3 Å². The van der Waals surface area contributed by atoms with Crippen LogP contribution in [0.5, 0.6) is 0 Å². The fourth-order valence-electron chi connectivity index (χ4n) is 2.63. The molecule has 1 aliphatic carbocycles. The molecule has 0 N–H and O–H groups in total. The Hall–Kier alpha value is -0.940. The van der Waals surface area contributed by atoms with E-state index in [0.717, 1.165) is 13.5 Å². The van der Waals surface area contributed by atoms with Crippen LogP contribution < -0.4 is 0 Å². The van der Waals surface area contributed by atoms with Crippen molar-refractivity contribution >= 4 is 46.5 Å². The molecule has 0 bridgehead atoms. The van der Waals surface area contributed by atoms with E-state index in [1.54, 1.807) is 0 Å². The largest absolute Gasteiger partial charge is 0.467 e. The molecule has 22 heavy (non-hydrogen) atoms. The van der Waals surface area contributed by atoms with Crippen molar-refractivity contribution < 1.29 is 23.9 Å². The van der Waals surface area contributed by atoms with E-state index in [-0.39, 0.29) is 6.42 Å². The third-order valence-corrected chi connectivity index (χ3v) is 5.81. The number of esters is 1. The van der Waals surface area contributed by atoms with Gasteiger partial charge in [-0.15, -0.1) is 11.6 Å². The van der Waals surface area contributed by atoms with Gasteiger partial charge in [0, 0.05) is 11.8 Å². The number of ether oxygens (including phenoxy) is 1. The number of alkyl halides is 2. The summed E-state index contributed by atoms with van der Waals surface area (Å²) in [6.07, 6.45) is 1.34. The molecule has 7 heteroatoms. The van der Waals surface area contributed by atoms with E-state index in [2.05, 4.69) is 4.74 Å². The van der Waals surface area contributed by atoms with Crippen LogP contribution >= 0.6 is 23.2 Å². The van der Waals surface area contributed by atoms with Crippen LogP contribution in [0.2, 0.25) is 0 Å². The van der Waals surface area contributed by atoms with Crippen molar-refractivity contribution in [3.05, 3.63) is 0 Å².